The minimum Gasteiger partial charge on any atom is -0.454 e. The third-order valence-corrected chi connectivity index (χ3v) is 4.10. The predicted molar refractivity (Wildman–Crippen MR) is 106 cm³/mol. The quantitative estimate of drug-likeness (QED) is 0.211. The molecule has 3 aromatic rings. The predicted octanol–water partition coefficient (Wildman–Crippen LogP) is 4.43. The fourth-order valence-corrected chi connectivity index (χ4v) is 2.57. The lowest BCUT2D eigenvalue weighted by Crippen LogP contribution is -2.10. The standard InChI is InChI=1S/C21H18F2N4O2/c1-11-18(22)16(28-14-6-2-4-12(8-14)20(24)25)10-17(19(11)23)29-15-7-3-5-13(9-15)21(26)27/h2-10H,1H3,(H3,24,25)(H3,26,27)/i20+1,21+1,24+1,25+1,26+1,27+1. The highest BCUT2D eigenvalue weighted by molar-refractivity contribution is 5.95. The van der Waals surface area contributed by atoms with E-state index in [0.29, 0.717) is 11.1 Å². The first-order valence-electron chi connectivity index (χ1n) is 8.49. The molecule has 0 bridgehead atoms. The molecule has 29 heavy (non-hydrogen) atoms. The van der Waals surface area contributed by atoms with Crippen molar-refractivity contribution in [2.75, 3.05) is 0 Å². The second-order valence-electron chi connectivity index (χ2n) is 6.21. The number of amidine groups is 2. The van der Waals surface area contributed by atoms with Crippen LogP contribution in [0.5, 0.6) is 23.0 Å². The maximum atomic E-state index is 14.6. The summed E-state index contributed by atoms with van der Waals surface area (Å²) in [5.74, 6) is -2.12. The molecule has 0 radical (unpaired) electrons. The van der Waals surface area contributed by atoms with Gasteiger partial charge in [-0.2, -0.15) is 0 Å². The number of halogens is 2. The zero-order valence-electron chi connectivity index (χ0n) is 15.4. The highest BCUT2D eigenvalue weighted by Gasteiger charge is 2.19. The second-order valence-corrected chi connectivity index (χ2v) is 6.21. The molecule has 0 atom stereocenters. The zero-order valence-corrected chi connectivity index (χ0v) is 15.4. The van der Waals surface area contributed by atoms with Crippen LogP contribution in [-0.4, -0.2) is 11.7 Å². The van der Waals surface area contributed by atoms with E-state index in [-0.39, 0.29) is 40.2 Å². The van der Waals surface area contributed by atoms with E-state index in [9.17, 15) is 8.78 Å². The van der Waals surface area contributed by atoms with E-state index in [1.807, 2.05) is 0 Å². The Bertz CT molecular complexity index is 1030. The molecule has 0 heterocycles. The maximum Gasteiger partial charge on any atom is 0.171 e. The first-order valence-corrected chi connectivity index (χ1v) is 8.49. The largest absolute Gasteiger partial charge is 0.454 e. The van der Waals surface area contributed by atoms with Crippen LogP contribution in [0.25, 0.3) is 0 Å². The van der Waals surface area contributed by atoms with Crippen LogP contribution in [0.4, 0.5) is 8.78 Å². The van der Waals surface area contributed by atoms with E-state index >= 15 is 0 Å². The second kappa shape index (κ2) is 7.97. The van der Waals surface area contributed by atoms with Crippen LogP contribution in [0.3, 0.4) is 0 Å². The van der Waals surface area contributed by atoms with Crippen LogP contribution >= 0.6 is 0 Å². The third-order valence-electron chi connectivity index (χ3n) is 4.10. The van der Waals surface area contributed by atoms with Crippen LogP contribution < -0.4 is 20.9 Å². The summed E-state index contributed by atoms with van der Waals surface area (Å²) in [4.78, 5) is 0. The van der Waals surface area contributed by atoms with Gasteiger partial charge in [0.2, 0.25) is 0 Å². The van der Waals surface area contributed by atoms with Crippen LogP contribution in [0.1, 0.15) is 16.7 Å². The number of rotatable bonds is 6. The van der Waals surface area contributed by atoms with E-state index in [1.54, 1.807) is 36.4 Å². The van der Waals surface area contributed by atoms with Gasteiger partial charge in [0, 0.05) is 22.8 Å². The van der Waals surface area contributed by atoms with Gasteiger partial charge >= 0.3 is 0 Å². The molecule has 0 fully saturated rings. The average Bonchev–Trinajstić information content (AvgIpc) is 2.70. The molecule has 148 valence electrons. The lowest BCUT2D eigenvalue weighted by molar-refractivity contribution is 0.404. The Morgan fingerprint density at radius 2 is 1.17 bits per heavy atom. The SMILES string of the molecule is Cc1c(F)c(Oc2cccc([13C](=[15NH])[15NH2])c2)cc(Oc2cccc([13C](=[15NH])[15NH2])c2)c1F. The van der Waals surface area contributed by atoms with Gasteiger partial charge in [0.1, 0.15) is 23.2 Å². The highest BCUT2D eigenvalue weighted by Crippen LogP contribution is 2.36. The van der Waals surface area contributed by atoms with E-state index in [1.165, 1.54) is 19.1 Å². The van der Waals surface area contributed by atoms with Crippen molar-refractivity contribution in [3.63, 3.8) is 0 Å². The fourth-order valence-electron chi connectivity index (χ4n) is 2.57. The number of hydrogen-bond donors (Lipinski definition) is 4. The van der Waals surface area contributed by atoms with Crippen molar-refractivity contribution in [2.24, 2.45) is 11.5 Å². The molecule has 0 spiro atoms. The van der Waals surface area contributed by atoms with Crippen LogP contribution in [0.15, 0.2) is 54.6 Å². The molecule has 3 aromatic carbocycles. The van der Waals surface area contributed by atoms with E-state index < -0.39 is 11.6 Å². The Balaban J connectivity index is 1.97. The van der Waals surface area contributed by atoms with Gasteiger partial charge in [-0.15, -0.1) is 0 Å². The van der Waals surface area contributed by atoms with Crippen LogP contribution in [0.2, 0.25) is 0 Å². The molecule has 0 aliphatic heterocycles. The molecule has 3 rings (SSSR count). The van der Waals surface area contributed by atoms with Gasteiger partial charge in [-0.25, -0.2) is 8.78 Å². The van der Waals surface area contributed by atoms with Gasteiger partial charge < -0.3 is 20.9 Å². The van der Waals surface area contributed by atoms with Crippen molar-refractivity contribution in [3.8, 4) is 23.0 Å². The number of benzene rings is 3. The van der Waals surface area contributed by atoms with Gasteiger partial charge in [-0.1, -0.05) is 24.3 Å². The molecular formula is C21H18F2N4O2. The third kappa shape index (κ3) is 4.32. The highest BCUT2D eigenvalue weighted by atomic mass is 19.1. The summed E-state index contributed by atoms with van der Waals surface area (Å²) >= 11 is 0. The van der Waals surface area contributed by atoms with Crippen molar-refractivity contribution >= 4 is 11.7 Å². The smallest absolute Gasteiger partial charge is 0.171 e. The van der Waals surface area contributed by atoms with E-state index in [0.717, 1.165) is 6.07 Å². The molecular weight excluding hydrogens is 384 g/mol. The number of nitrogen functional groups attached to an aromatic ring is 2. The Hall–Kier alpha value is -3.94. The molecule has 0 aromatic heterocycles. The summed E-state index contributed by atoms with van der Waals surface area (Å²) in [6.07, 6.45) is 0. The normalized spacial score (nSPS) is 10.4. The van der Waals surface area contributed by atoms with Gasteiger partial charge in [0.15, 0.2) is 23.1 Å². The Morgan fingerprint density at radius 3 is 1.55 bits per heavy atom. The van der Waals surface area contributed by atoms with Gasteiger partial charge in [-0.05, 0) is 31.2 Å². The topological polar surface area (TPSA) is 118 Å². The molecule has 0 amide bonds. The van der Waals surface area contributed by atoms with Crippen molar-refractivity contribution < 1.29 is 18.3 Å². The first-order chi connectivity index (χ1) is 13.8. The van der Waals surface area contributed by atoms with Gasteiger partial charge in [-0.3, -0.25) is 10.8 Å². The molecule has 0 aliphatic rings. The number of ether oxygens (including phenoxy) is 2. The van der Waals surface area contributed by atoms with Crippen LogP contribution in [-0.2, 0) is 0 Å². The van der Waals surface area contributed by atoms with E-state index in [4.69, 9.17) is 31.8 Å². The van der Waals surface area contributed by atoms with E-state index in [2.05, 4.69) is 0 Å². The molecule has 6 N–H and O–H groups in total. The summed E-state index contributed by atoms with van der Waals surface area (Å²) in [5, 5.41) is 15.0. The zero-order chi connectivity index (χ0) is 21.1. The summed E-state index contributed by atoms with van der Waals surface area (Å²) in [6, 6.07) is 13.6. The molecule has 6 nitrogen and oxygen atoms in total. The maximum absolute atomic E-state index is 14.6. The van der Waals surface area contributed by atoms with Crippen molar-refractivity contribution in [2.45, 2.75) is 6.92 Å². The van der Waals surface area contributed by atoms with Gasteiger partial charge in [0.05, 0.1) is 0 Å². The van der Waals surface area contributed by atoms with Crippen molar-refractivity contribution in [1.29, 1.82) is 10.8 Å². The average molecular weight is 402 g/mol. The summed E-state index contributed by atoms with van der Waals surface area (Å²) in [7, 11) is 0. The van der Waals surface area contributed by atoms with Crippen molar-refractivity contribution in [1.82, 2.24) is 0 Å². The van der Waals surface area contributed by atoms with Crippen molar-refractivity contribution in [3.05, 3.63) is 82.9 Å². The van der Waals surface area contributed by atoms with Crippen LogP contribution in [0, 0.1) is 29.4 Å². The number of nitrogens with two attached hydrogens (primary N) is 2. The summed E-state index contributed by atoms with van der Waals surface area (Å²) < 4.78 is 40.2. The lowest BCUT2D eigenvalue weighted by Gasteiger charge is -2.14. The monoisotopic (exact) mass is 402 g/mol. The number of nitrogens with one attached hydrogen (secondary N) is 2. The first kappa shape index (κ1) is 19.8. The minimum absolute atomic E-state index is 0.166. The Labute approximate surface area is 165 Å². The number of hydrogen-bond acceptors (Lipinski definition) is 4. The Kier molecular flexibility index (Phi) is 5.45. The molecule has 0 unspecified atom stereocenters. The summed E-state index contributed by atoms with van der Waals surface area (Å²) in [6.45, 7) is 1.27. The summed E-state index contributed by atoms with van der Waals surface area (Å²) in [5.41, 5.74) is 11.4. The minimum atomic E-state index is -0.874. The molecule has 0 aliphatic carbocycles. The fraction of sp³-hybridized carbons (Fsp3) is 0.0476. The Morgan fingerprint density at radius 1 is 0.759 bits per heavy atom. The lowest BCUT2D eigenvalue weighted by atomic mass is 10.2. The molecule has 0 saturated heterocycles. The molecule has 8 heteroatoms. The van der Waals surface area contributed by atoms with Gasteiger partial charge in [0.25, 0.3) is 0 Å². The molecule has 0 saturated carbocycles.